The van der Waals surface area contributed by atoms with Gasteiger partial charge in [-0.25, -0.2) is 4.39 Å². The molecule has 1 aromatic rings. The van der Waals surface area contributed by atoms with Crippen LogP contribution in [0.1, 0.15) is 32.3 Å². The zero-order valence-electron chi connectivity index (χ0n) is 12.0. The van der Waals surface area contributed by atoms with E-state index in [9.17, 15) is 14.0 Å². The van der Waals surface area contributed by atoms with E-state index in [0.717, 1.165) is 0 Å². The quantitative estimate of drug-likeness (QED) is 0.904. The molecule has 1 aromatic carbocycles. The van der Waals surface area contributed by atoms with Gasteiger partial charge in [-0.2, -0.15) is 0 Å². The molecular weight excluding hydrogens is 339 g/mol. The molecule has 1 saturated heterocycles. The zero-order chi connectivity index (χ0) is 15.6. The van der Waals surface area contributed by atoms with Crippen LogP contribution in [0.15, 0.2) is 22.7 Å². The van der Waals surface area contributed by atoms with Crippen LogP contribution in [-0.4, -0.2) is 28.8 Å². The number of carbonyl (C=O) groups excluding carboxylic acids is 2. The van der Waals surface area contributed by atoms with Crippen LogP contribution in [0.3, 0.4) is 0 Å². The second-order valence-corrected chi connectivity index (χ2v) is 6.24. The van der Waals surface area contributed by atoms with Crippen molar-refractivity contribution in [3.63, 3.8) is 0 Å². The average Bonchev–Trinajstić information content (AvgIpc) is 2.48. The lowest BCUT2D eigenvalue weighted by molar-refractivity contribution is -0.135. The highest BCUT2D eigenvalue weighted by molar-refractivity contribution is 9.10. The Kier molecular flexibility index (Phi) is 4.98. The predicted octanol–water partition coefficient (Wildman–Crippen LogP) is 2.60. The van der Waals surface area contributed by atoms with Crippen molar-refractivity contribution in [3.8, 4) is 0 Å². The first kappa shape index (κ1) is 15.9. The first-order valence-electron chi connectivity index (χ1n) is 6.95. The molecular formula is C15H18BrFN2O2. The number of nitrogens with one attached hydrogen (secondary N) is 1. The number of carbonyl (C=O) groups is 2. The molecule has 6 heteroatoms. The van der Waals surface area contributed by atoms with Crippen LogP contribution < -0.4 is 5.32 Å². The molecule has 0 saturated carbocycles. The highest BCUT2D eigenvalue weighted by Gasteiger charge is 2.32. The van der Waals surface area contributed by atoms with Crippen molar-refractivity contribution in [1.82, 2.24) is 10.2 Å². The normalized spacial score (nSPS) is 23.0. The molecule has 0 bridgehead atoms. The molecule has 1 heterocycles. The Morgan fingerprint density at radius 1 is 1.38 bits per heavy atom. The molecule has 1 aliphatic rings. The minimum Gasteiger partial charge on any atom is -0.344 e. The van der Waals surface area contributed by atoms with Crippen LogP contribution in [0.2, 0.25) is 0 Å². The fourth-order valence-electron chi connectivity index (χ4n) is 2.52. The van der Waals surface area contributed by atoms with Crippen molar-refractivity contribution in [2.75, 3.05) is 0 Å². The number of halogens is 2. The highest BCUT2D eigenvalue weighted by atomic mass is 79.9. The zero-order valence-corrected chi connectivity index (χ0v) is 13.6. The summed E-state index contributed by atoms with van der Waals surface area (Å²) in [5.41, 5.74) is 0.700. The summed E-state index contributed by atoms with van der Waals surface area (Å²) in [6.45, 7) is 3.99. The van der Waals surface area contributed by atoms with Crippen LogP contribution >= 0.6 is 15.9 Å². The van der Waals surface area contributed by atoms with Gasteiger partial charge in [-0.05, 0) is 37.1 Å². The maximum absolute atomic E-state index is 13.5. The first-order valence-corrected chi connectivity index (χ1v) is 7.74. The number of hydrogen-bond donors (Lipinski definition) is 1. The summed E-state index contributed by atoms with van der Waals surface area (Å²) in [6, 6.07) is 3.85. The Hall–Kier alpha value is -1.43. The lowest BCUT2D eigenvalue weighted by Gasteiger charge is -2.28. The van der Waals surface area contributed by atoms with Gasteiger partial charge in [0.2, 0.25) is 11.8 Å². The Balaban J connectivity index is 2.26. The lowest BCUT2D eigenvalue weighted by Crippen LogP contribution is -2.45. The highest BCUT2D eigenvalue weighted by Crippen LogP contribution is 2.20. The van der Waals surface area contributed by atoms with Crippen LogP contribution in [0.4, 0.5) is 4.39 Å². The SMILES string of the molecule is CCC1NC(=O)CC(C)N(Cc2cc(F)cc(Br)c2)C1=O. The summed E-state index contributed by atoms with van der Waals surface area (Å²) in [6.07, 6.45) is 0.805. The monoisotopic (exact) mass is 356 g/mol. The van der Waals surface area contributed by atoms with Crippen molar-refractivity contribution in [2.45, 2.75) is 45.3 Å². The van der Waals surface area contributed by atoms with Crippen LogP contribution in [0, 0.1) is 5.82 Å². The van der Waals surface area contributed by atoms with Gasteiger partial charge in [0.15, 0.2) is 0 Å². The van der Waals surface area contributed by atoms with Gasteiger partial charge in [-0.1, -0.05) is 22.9 Å². The molecule has 1 aliphatic heterocycles. The number of hydrogen-bond acceptors (Lipinski definition) is 2. The maximum Gasteiger partial charge on any atom is 0.245 e. The maximum atomic E-state index is 13.5. The number of nitrogens with zero attached hydrogens (tertiary/aromatic N) is 1. The standard InChI is InChI=1S/C15H18BrFN2O2/c1-3-13-15(21)19(9(2)4-14(20)18-13)8-10-5-11(16)7-12(17)6-10/h5-7,9,13H,3-4,8H2,1-2H3,(H,18,20). The third-order valence-corrected chi connectivity index (χ3v) is 4.07. The van der Waals surface area contributed by atoms with Crippen LogP contribution in [-0.2, 0) is 16.1 Å². The van der Waals surface area contributed by atoms with E-state index >= 15 is 0 Å². The van der Waals surface area contributed by atoms with E-state index in [1.54, 1.807) is 11.0 Å². The Bertz CT molecular complexity index is 544. The van der Waals surface area contributed by atoms with Gasteiger partial charge in [0.1, 0.15) is 11.9 Å². The minimum absolute atomic E-state index is 0.115. The Morgan fingerprint density at radius 2 is 2.10 bits per heavy atom. The molecule has 21 heavy (non-hydrogen) atoms. The number of benzene rings is 1. The minimum atomic E-state index is -0.501. The van der Waals surface area contributed by atoms with Crippen molar-refractivity contribution >= 4 is 27.7 Å². The van der Waals surface area contributed by atoms with Crippen molar-refractivity contribution in [3.05, 3.63) is 34.1 Å². The molecule has 1 fully saturated rings. The van der Waals surface area contributed by atoms with Gasteiger partial charge < -0.3 is 10.2 Å². The summed E-state index contributed by atoms with van der Waals surface area (Å²) in [5.74, 6) is -0.586. The molecule has 4 nitrogen and oxygen atoms in total. The molecule has 0 aromatic heterocycles. The smallest absolute Gasteiger partial charge is 0.245 e. The summed E-state index contributed by atoms with van der Waals surface area (Å²) in [7, 11) is 0. The Morgan fingerprint density at radius 3 is 2.71 bits per heavy atom. The fraction of sp³-hybridized carbons (Fsp3) is 0.467. The molecule has 0 radical (unpaired) electrons. The number of rotatable bonds is 3. The summed E-state index contributed by atoms with van der Waals surface area (Å²) in [4.78, 5) is 25.9. The predicted molar refractivity (Wildman–Crippen MR) is 81.0 cm³/mol. The van der Waals surface area contributed by atoms with E-state index in [4.69, 9.17) is 0 Å². The fourth-order valence-corrected chi connectivity index (χ4v) is 3.03. The van der Waals surface area contributed by atoms with E-state index in [1.165, 1.54) is 12.1 Å². The molecule has 2 unspecified atom stereocenters. The van der Waals surface area contributed by atoms with Crippen molar-refractivity contribution in [1.29, 1.82) is 0 Å². The molecule has 114 valence electrons. The van der Waals surface area contributed by atoms with E-state index in [-0.39, 0.29) is 30.1 Å². The van der Waals surface area contributed by atoms with Gasteiger partial charge in [-0.15, -0.1) is 0 Å². The second kappa shape index (κ2) is 6.56. The van der Waals surface area contributed by atoms with Gasteiger partial charge in [-0.3, -0.25) is 9.59 Å². The number of amides is 2. The van der Waals surface area contributed by atoms with Gasteiger partial charge in [0.25, 0.3) is 0 Å². The largest absolute Gasteiger partial charge is 0.344 e. The van der Waals surface area contributed by atoms with Gasteiger partial charge in [0, 0.05) is 23.5 Å². The summed E-state index contributed by atoms with van der Waals surface area (Å²) in [5, 5.41) is 2.73. The van der Waals surface area contributed by atoms with Crippen LogP contribution in [0.25, 0.3) is 0 Å². The average molecular weight is 357 g/mol. The molecule has 0 spiro atoms. The third kappa shape index (κ3) is 3.81. The molecule has 1 N–H and O–H groups in total. The molecule has 2 rings (SSSR count). The molecule has 2 atom stereocenters. The summed E-state index contributed by atoms with van der Waals surface area (Å²) >= 11 is 3.25. The van der Waals surface area contributed by atoms with Gasteiger partial charge >= 0.3 is 0 Å². The van der Waals surface area contributed by atoms with E-state index in [1.807, 2.05) is 13.8 Å². The lowest BCUT2D eigenvalue weighted by atomic mass is 10.1. The van der Waals surface area contributed by atoms with Crippen molar-refractivity contribution in [2.24, 2.45) is 0 Å². The van der Waals surface area contributed by atoms with E-state index in [0.29, 0.717) is 23.0 Å². The first-order chi connectivity index (χ1) is 9.90. The molecule has 0 aliphatic carbocycles. The van der Waals surface area contributed by atoms with E-state index < -0.39 is 6.04 Å². The molecule has 2 amide bonds. The van der Waals surface area contributed by atoms with Crippen molar-refractivity contribution < 1.29 is 14.0 Å². The van der Waals surface area contributed by atoms with Gasteiger partial charge in [0.05, 0.1) is 0 Å². The third-order valence-electron chi connectivity index (χ3n) is 3.61. The van der Waals surface area contributed by atoms with E-state index in [2.05, 4.69) is 21.2 Å². The summed E-state index contributed by atoms with van der Waals surface area (Å²) < 4.78 is 14.1. The topological polar surface area (TPSA) is 49.4 Å². The van der Waals surface area contributed by atoms with Crippen LogP contribution in [0.5, 0.6) is 0 Å². The Labute approximate surface area is 131 Å². The second-order valence-electron chi connectivity index (χ2n) is 5.33.